The van der Waals surface area contributed by atoms with Gasteiger partial charge < -0.3 is 18.5 Å². The first-order chi connectivity index (χ1) is 15.1. The molecule has 3 heterocycles. The van der Waals surface area contributed by atoms with E-state index in [2.05, 4.69) is 9.55 Å². The van der Waals surface area contributed by atoms with Crippen molar-refractivity contribution in [2.24, 2.45) is 0 Å². The lowest BCUT2D eigenvalue weighted by Crippen LogP contribution is -2.33. The van der Waals surface area contributed by atoms with Crippen molar-refractivity contribution in [2.45, 2.75) is 31.7 Å². The third kappa shape index (κ3) is 3.93. The molecule has 0 N–H and O–H groups in total. The Hall–Kier alpha value is -3.19. The van der Waals surface area contributed by atoms with Gasteiger partial charge in [0.25, 0.3) is 5.22 Å². The Morgan fingerprint density at radius 3 is 2.74 bits per heavy atom. The molecule has 4 aromatic rings. The van der Waals surface area contributed by atoms with Gasteiger partial charge in [0.2, 0.25) is 0 Å². The van der Waals surface area contributed by atoms with Crippen LogP contribution in [0, 0.1) is 13.8 Å². The average Bonchev–Trinajstić information content (AvgIpc) is 3.33. The number of benzene rings is 2. The van der Waals surface area contributed by atoms with Crippen molar-refractivity contribution in [3.8, 4) is 11.5 Å². The second-order valence-corrected chi connectivity index (χ2v) is 8.48. The van der Waals surface area contributed by atoms with Crippen molar-refractivity contribution >= 4 is 28.6 Å². The van der Waals surface area contributed by atoms with Crippen LogP contribution in [0.4, 0.5) is 0 Å². The molecule has 5 rings (SSSR count). The molecule has 2 aromatic carbocycles. The van der Waals surface area contributed by atoms with Crippen LogP contribution >= 0.6 is 11.8 Å². The van der Waals surface area contributed by atoms with Crippen LogP contribution in [0.5, 0.6) is 11.5 Å². The van der Waals surface area contributed by atoms with Crippen molar-refractivity contribution in [1.82, 2.24) is 9.55 Å². The highest BCUT2D eigenvalue weighted by atomic mass is 32.2. The maximum atomic E-state index is 12.9. The molecule has 0 radical (unpaired) electrons. The van der Waals surface area contributed by atoms with Gasteiger partial charge in [-0.05, 0) is 44.2 Å². The summed E-state index contributed by atoms with van der Waals surface area (Å²) in [5.74, 6) is 1.85. The monoisotopic (exact) mass is 434 g/mol. The molecule has 0 aliphatic carbocycles. The predicted molar refractivity (Wildman–Crippen MR) is 119 cm³/mol. The quantitative estimate of drug-likeness (QED) is 0.312. The molecule has 1 aliphatic rings. The summed E-state index contributed by atoms with van der Waals surface area (Å²) in [6.07, 6.45) is -0.114. The molecule has 1 atom stereocenters. The Balaban J connectivity index is 1.27. The van der Waals surface area contributed by atoms with Gasteiger partial charge in [-0.1, -0.05) is 36.0 Å². The number of fused-ring (bicyclic) bond motifs is 2. The van der Waals surface area contributed by atoms with Gasteiger partial charge >= 0.3 is 0 Å². The van der Waals surface area contributed by atoms with E-state index in [1.165, 1.54) is 11.8 Å². The number of aromatic nitrogens is 2. The van der Waals surface area contributed by atoms with Crippen LogP contribution in [-0.2, 0) is 6.54 Å². The summed E-state index contributed by atoms with van der Waals surface area (Å²) < 4.78 is 19.8. The lowest BCUT2D eigenvalue weighted by molar-refractivity contribution is 0.0777. The standard InChI is InChI=1S/C24H22N2O4S/c1-15-11-18(20(27)14-31-24-25-19-7-3-4-8-21(19)30-24)16(2)26(15)12-17-13-28-22-9-5-6-10-23(22)29-17/h3-11,17H,12-14H2,1-2H3. The molecule has 0 saturated heterocycles. The largest absolute Gasteiger partial charge is 0.486 e. The lowest BCUT2D eigenvalue weighted by atomic mass is 10.2. The third-order valence-corrected chi connectivity index (χ3v) is 6.26. The van der Waals surface area contributed by atoms with Gasteiger partial charge in [-0.2, -0.15) is 0 Å². The van der Waals surface area contributed by atoms with Crippen LogP contribution in [0.2, 0.25) is 0 Å². The van der Waals surface area contributed by atoms with E-state index in [0.717, 1.165) is 39.6 Å². The molecular formula is C24H22N2O4S. The van der Waals surface area contributed by atoms with Crippen LogP contribution in [0.3, 0.4) is 0 Å². The Morgan fingerprint density at radius 2 is 1.90 bits per heavy atom. The van der Waals surface area contributed by atoms with Gasteiger partial charge in [0.15, 0.2) is 29.0 Å². The van der Waals surface area contributed by atoms with Gasteiger partial charge in [0, 0.05) is 17.0 Å². The summed E-state index contributed by atoms with van der Waals surface area (Å²) in [6.45, 7) is 5.08. The van der Waals surface area contributed by atoms with Crippen LogP contribution in [0.15, 0.2) is 64.2 Å². The average molecular weight is 435 g/mol. The maximum absolute atomic E-state index is 12.9. The van der Waals surface area contributed by atoms with E-state index in [-0.39, 0.29) is 17.6 Å². The van der Waals surface area contributed by atoms with E-state index in [1.807, 2.05) is 68.4 Å². The summed E-state index contributed by atoms with van der Waals surface area (Å²) in [4.78, 5) is 17.3. The molecule has 7 heteroatoms. The molecule has 0 saturated carbocycles. The number of oxazole rings is 1. The van der Waals surface area contributed by atoms with Crippen molar-refractivity contribution < 1.29 is 18.7 Å². The van der Waals surface area contributed by atoms with Crippen molar-refractivity contribution in [3.05, 3.63) is 71.5 Å². The van der Waals surface area contributed by atoms with Gasteiger partial charge in [-0.15, -0.1) is 0 Å². The van der Waals surface area contributed by atoms with Crippen LogP contribution in [0.1, 0.15) is 21.7 Å². The minimum absolute atomic E-state index is 0.0535. The molecule has 1 aliphatic heterocycles. The first-order valence-corrected chi connectivity index (χ1v) is 11.1. The fourth-order valence-electron chi connectivity index (χ4n) is 3.84. The predicted octanol–water partition coefficient (Wildman–Crippen LogP) is 5.06. The normalized spacial score (nSPS) is 15.4. The second kappa shape index (κ2) is 8.15. The van der Waals surface area contributed by atoms with E-state index in [0.29, 0.717) is 18.4 Å². The molecule has 2 aromatic heterocycles. The highest BCUT2D eigenvalue weighted by Gasteiger charge is 2.24. The van der Waals surface area contributed by atoms with Crippen LogP contribution in [0.25, 0.3) is 11.1 Å². The van der Waals surface area contributed by atoms with Crippen molar-refractivity contribution in [1.29, 1.82) is 0 Å². The van der Waals surface area contributed by atoms with Crippen molar-refractivity contribution in [3.63, 3.8) is 0 Å². The molecule has 0 bridgehead atoms. The molecule has 6 nitrogen and oxygen atoms in total. The number of Topliss-reactive ketones (excluding diaryl/α,β-unsaturated/α-hetero) is 1. The number of aryl methyl sites for hydroxylation is 1. The smallest absolute Gasteiger partial charge is 0.257 e. The van der Waals surface area contributed by atoms with E-state index >= 15 is 0 Å². The Bertz CT molecular complexity index is 1230. The molecule has 1 unspecified atom stereocenters. The molecular weight excluding hydrogens is 412 g/mol. The third-order valence-electron chi connectivity index (χ3n) is 5.43. The zero-order chi connectivity index (χ0) is 21.4. The van der Waals surface area contributed by atoms with Gasteiger partial charge in [-0.25, -0.2) is 4.98 Å². The fourth-order valence-corrected chi connectivity index (χ4v) is 4.56. The molecule has 0 spiro atoms. The Kier molecular flexibility index (Phi) is 5.19. The van der Waals surface area contributed by atoms with Crippen LogP contribution < -0.4 is 9.47 Å². The highest BCUT2D eigenvalue weighted by molar-refractivity contribution is 7.99. The first-order valence-electron chi connectivity index (χ1n) is 10.2. The number of ether oxygens (including phenoxy) is 2. The molecule has 0 fully saturated rings. The van der Waals surface area contributed by atoms with Gasteiger partial charge in [-0.3, -0.25) is 4.79 Å². The number of thioether (sulfide) groups is 1. The fraction of sp³-hybridized carbons (Fsp3) is 0.250. The first kappa shape index (κ1) is 19.8. The molecule has 31 heavy (non-hydrogen) atoms. The van der Waals surface area contributed by atoms with E-state index in [1.54, 1.807) is 0 Å². The number of nitrogens with zero attached hydrogens (tertiary/aromatic N) is 2. The van der Waals surface area contributed by atoms with Crippen molar-refractivity contribution in [2.75, 3.05) is 12.4 Å². The second-order valence-electron chi connectivity index (χ2n) is 7.55. The maximum Gasteiger partial charge on any atom is 0.257 e. The summed E-state index contributed by atoms with van der Waals surface area (Å²) in [7, 11) is 0. The number of carbonyl (C=O) groups is 1. The number of rotatable bonds is 6. The Labute approximate surface area is 184 Å². The number of para-hydroxylation sites is 4. The number of hydrogen-bond donors (Lipinski definition) is 0. The summed E-state index contributed by atoms with van der Waals surface area (Å²) >= 11 is 1.32. The number of ketones is 1. The van der Waals surface area contributed by atoms with Gasteiger partial charge in [0.1, 0.15) is 12.1 Å². The SMILES string of the molecule is Cc1cc(C(=O)CSc2nc3ccccc3o2)c(C)n1CC1COc2ccccc2O1. The van der Waals surface area contributed by atoms with E-state index < -0.39 is 0 Å². The molecule has 158 valence electrons. The zero-order valence-corrected chi connectivity index (χ0v) is 18.1. The zero-order valence-electron chi connectivity index (χ0n) is 17.3. The minimum atomic E-state index is -0.114. The van der Waals surface area contributed by atoms with Gasteiger partial charge in [0.05, 0.1) is 12.3 Å². The highest BCUT2D eigenvalue weighted by Crippen LogP contribution is 2.32. The summed E-state index contributed by atoms with van der Waals surface area (Å²) in [5.41, 5.74) is 4.20. The van der Waals surface area contributed by atoms with E-state index in [9.17, 15) is 4.79 Å². The minimum Gasteiger partial charge on any atom is -0.486 e. The summed E-state index contributed by atoms with van der Waals surface area (Å²) in [6, 6.07) is 17.2. The number of carbonyl (C=O) groups excluding carboxylic acids is 1. The lowest BCUT2D eigenvalue weighted by Gasteiger charge is -2.27. The molecule has 0 amide bonds. The van der Waals surface area contributed by atoms with E-state index in [4.69, 9.17) is 13.9 Å². The Morgan fingerprint density at radius 1 is 1.13 bits per heavy atom. The number of hydrogen-bond acceptors (Lipinski definition) is 6. The van der Waals surface area contributed by atoms with Crippen LogP contribution in [-0.4, -0.2) is 33.8 Å². The topological polar surface area (TPSA) is 66.5 Å². The summed E-state index contributed by atoms with van der Waals surface area (Å²) in [5, 5.41) is 0.509.